The van der Waals surface area contributed by atoms with Gasteiger partial charge in [-0.1, -0.05) is 23.2 Å². The molecule has 7 heteroatoms. The Morgan fingerprint density at radius 3 is 2.58 bits per heavy atom. The fraction of sp³-hybridized carbons (Fsp3) is 0.529. The fourth-order valence-corrected chi connectivity index (χ4v) is 3.79. The van der Waals surface area contributed by atoms with E-state index in [4.69, 9.17) is 27.9 Å². The van der Waals surface area contributed by atoms with Crippen LogP contribution in [0.5, 0.6) is 0 Å². The van der Waals surface area contributed by atoms with Crippen molar-refractivity contribution in [2.45, 2.75) is 37.8 Å². The third-order valence-corrected chi connectivity index (χ3v) is 4.89. The van der Waals surface area contributed by atoms with Crippen LogP contribution in [0, 0.1) is 0 Å². The maximum atomic E-state index is 12.7. The number of carbonyl (C=O) groups excluding carboxylic acids is 2. The van der Waals surface area contributed by atoms with Crippen LogP contribution in [0.4, 0.5) is 0 Å². The Kier molecular flexibility index (Phi) is 5.64. The molecule has 2 atom stereocenters. The van der Waals surface area contributed by atoms with Crippen LogP contribution in [0.25, 0.3) is 0 Å². The van der Waals surface area contributed by atoms with Crippen molar-refractivity contribution in [3.8, 4) is 0 Å². The number of rotatable bonds is 4. The van der Waals surface area contributed by atoms with E-state index in [0.29, 0.717) is 35.1 Å². The molecular weight excluding hydrogens is 351 g/mol. The number of hydrogen-bond acceptors (Lipinski definition) is 3. The van der Waals surface area contributed by atoms with Gasteiger partial charge in [0, 0.05) is 35.3 Å². The number of nitrogens with zero attached hydrogens (tertiary/aromatic N) is 1. The predicted molar refractivity (Wildman–Crippen MR) is 92.5 cm³/mol. The number of nitrogens with one attached hydrogen (secondary N) is 1. The highest BCUT2D eigenvalue weighted by Gasteiger charge is 2.35. The molecule has 0 aromatic heterocycles. The predicted octanol–water partition coefficient (Wildman–Crippen LogP) is 2.89. The number of amides is 2. The van der Waals surface area contributed by atoms with Crippen molar-refractivity contribution in [2.24, 2.45) is 0 Å². The van der Waals surface area contributed by atoms with E-state index in [1.54, 1.807) is 23.1 Å². The molecule has 1 aromatic carbocycles. The molecular formula is C17H20Cl2N2O3. The number of benzene rings is 1. The van der Waals surface area contributed by atoms with E-state index in [1.165, 1.54) is 0 Å². The van der Waals surface area contributed by atoms with Crippen LogP contribution in [-0.4, -0.2) is 48.6 Å². The van der Waals surface area contributed by atoms with Crippen molar-refractivity contribution in [2.75, 3.05) is 19.7 Å². The van der Waals surface area contributed by atoms with Crippen molar-refractivity contribution in [1.82, 2.24) is 10.2 Å². The summed E-state index contributed by atoms with van der Waals surface area (Å²) in [6.07, 6.45) is 3.56. The lowest BCUT2D eigenvalue weighted by Crippen LogP contribution is -2.47. The van der Waals surface area contributed by atoms with Gasteiger partial charge in [-0.05, 0) is 43.9 Å². The van der Waals surface area contributed by atoms with Gasteiger partial charge in [-0.2, -0.15) is 0 Å². The number of carbonyl (C=O) groups is 2. The number of hydrogen-bond donors (Lipinski definition) is 1. The zero-order valence-electron chi connectivity index (χ0n) is 13.3. The SMILES string of the molecule is O=C(NCC1CCCO1)C1CCCN1C(=O)c1cc(Cl)cc(Cl)c1. The van der Waals surface area contributed by atoms with Crippen molar-refractivity contribution in [1.29, 1.82) is 0 Å². The van der Waals surface area contributed by atoms with Crippen LogP contribution in [0.2, 0.25) is 10.0 Å². The minimum atomic E-state index is -0.448. The van der Waals surface area contributed by atoms with Crippen LogP contribution in [-0.2, 0) is 9.53 Å². The molecule has 0 saturated carbocycles. The first-order valence-corrected chi connectivity index (χ1v) is 8.96. The highest BCUT2D eigenvalue weighted by molar-refractivity contribution is 6.35. The Bertz CT molecular complexity index is 612. The van der Waals surface area contributed by atoms with E-state index in [0.717, 1.165) is 25.9 Å². The average molecular weight is 371 g/mol. The van der Waals surface area contributed by atoms with Crippen LogP contribution >= 0.6 is 23.2 Å². The van der Waals surface area contributed by atoms with Gasteiger partial charge in [-0.15, -0.1) is 0 Å². The molecule has 2 fully saturated rings. The first-order valence-electron chi connectivity index (χ1n) is 8.21. The van der Waals surface area contributed by atoms with Gasteiger partial charge < -0.3 is 15.0 Å². The second-order valence-electron chi connectivity index (χ2n) is 6.19. The molecule has 2 amide bonds. The summed E-state index contributed by atoms with van der Waals surface area (Å²) >= 11 is 11.9. The van der Waals surface area contributed by atoms with Crippen LogP contribution in [0.3, 0.4) is 0 Å². The summed E-state index contributed by atoms with van der Waals surface area (Å²) in [5.74, 6) is -0.335. The summed E-state index contributed by atoms with van der Waals surface area (Å²) in [4.78, 5) is 26.8. The third-order valence-electron chi connectivity index (χ3n) is 4.45. The molecule has 2 aliphatic heterocycles. The van der Waals surface area contributed by atoms with Gasteiger partial charge in [0.1, 0.15) is 6.04 Å². The topological polar surface area (TPSA) is 58.6 Å². The quantitative estimate of drug-likeness (QED) is 0.886. The molecule has 2 unspecified atom stereocenters. The van der Waals surface area contributed by atoms with Gasteiger partial charge in [0.15, 0.2) is 0 Å². The van der Waals surface area contributed by atoms with Crippen LogP contribution < -0.4 is 5.32 Å². The summed E-state index contributed by atoms with van der Waals surface area (Å²) in [6.45, 7) is 1.81. The second-order valence-corrected chi connectivity index (χ2v) is 7.07. The Hall–Kier alpha value is -1.30. The van der Waals surface area contributed by atoms with E-state index in [-0.39, 0.29) is 17.9 Å². The Labute approximate surface area is 151 Å². The van der Waals surface area contributed by atoms with Gasteiger partial charge >= 0.3 is 0 Å². The Balaban J connectivity index is 1.65. The smallest absolute Gasteiger partial charge is 0.254 e. The summed E-state index contributed by atoms with van der Waals surface area (Å²) in [6, 6.07) is 4.29. The molecule has 3 rings (SSSR count). The van der Waals surface area contributed by atoms with Gasteiger partial charge in [-0.25, -0.2) is 0 Å². The molecule has 24 heavy (non-hydrogen) atoms. The molecule has 2 heterocycles. The van der Waals surface area contributed by atoms with Gasteiger partial charge in [0.2, 0.25) is 5.91 Å². The molecule has 1 N–H and O–H groups in total. The summed E-state index contributed by atoms with van der Waals surface area (Å²) < 4.78 is 5.51. The standard InChI is InChI=1S/C17H20Cl2N2O3/c18-12-7-11(8-13(19)9-12)17(23)21-5-1-4-15(21)16(22)20-10-14-3-2-6-24-14/h7-9,14-15H,1-6,10H2,(H,20,22). The van der Waals surface area contributed by atoms with E-state index in [2.05, 4.69) is 5.32 Å². The van der Waals surface area contributed by atoms with E-state index < -0.39 is 6.04 Å². The lowest BCUT2D eigenvalue weighted by molar-refractivity contribution is -0.125. The van der Waals surface area contributed by atoms with Crippen molar-refractivity contribution in [3.05, 3.63) is 33.8 Å². The molecule has 1 aromatic rings. The lowest BCUT2D eigenvalue weighted by Gasteiger charge is -2.24. The summed E-state index contributed by atoms with van der Waals surface area (Å²) in [5, 5.41) is 3.73. The minimum Gasteiger partial charge on any atom is -0.376 e. The first kappa shape index (κ1) is 17.5. The number of ether oxygens (including phenoxy) is 1. The second kappa shape index (κ2) is 7.72. The van der Waals surface area contributed by atoms with Gasteiger partial charge in [-0.3, -0.25) is 9.59 Å². The molecule has 0 spiro atoms. The highest BCUT2D eigenvalue weighted by atomic mass is 35.5. The maximum absolute atomic E-state index is 12.7. The highest BCUT2D eigenvalue weighted by Crippen LogP contribution is 2.24. The lowest BCUT2D eigenvalue weighted by atomic mass is 10.1. The summed E-state index contributed by atoms with van der Waals surface area (Å²) in [5.41, 5.74) is 0.409. The van der Waals surface area contributed by atoms with Crippen LogP contribution in [0.1, 0.15) is 36.0 Å². The van der Waals surface area contributed by atoms with Gasteiger partial charge in [0.05, 0.1) is 6.10 Å². The van der Waals surface area contributed by atoms with Crippen molar-refractivity contribution < 1.29 is 14.3 Å². The molecule has 5 nitrogen and oxygen atoms in total. The molecule has 130 valence electrons. The van der Waals surface area contributed by atoms with Crippen LogP contribution in [0.15, 0.2) is 18.2 Å². The zero-order valence-corrected chi connectivity index (χ0v) is 14.8. The molecule has 0 radical (unpaired) electrons. The third kappa shape index (κ3) is 4.02. The molecule has 0 bridgehead atoms. The fourth-order valence-electron chi connectivity index (χ4n) is 3.26. The van der Waals surface area contributed by atoms with E-state index in [9.17, 15) is 9.59 Å². The molecule has 0 aliphatic carbocycles. The normalized spacial score (nSPS) is 23.5. The van der Waals surface area contributed by atoms with Crippen molar-refractivity contribution >= 4 is 35.0 Å². The Morgan fingerprint density at radius 2 is 1.92 bits per heavy atom. The van der Waals surface area contributed by atoms with Gasteiger partial charge in [0.25, 0.3) is 5.91 Å². The van der Waals surface area contributed by atoms with Crippen molar-refractivity contribution in [3.63, 3.8) is 0 Å². The largest absolute Gasteiger partial charge is 0.376 e. The van der Waals surface area contributed by atoms with E-state index in [1.807, 2.05) is 0 Å². The average Bonchev–Trinajstić information content (AvgIpc) is 3.22. The Morgan fingerprint density at radius 1 is 1.17 bits per heavy atom. The summed E-state index contributed by atoms with van der Waals surface area (Å²) in [7, 11) is 0. The molecule has 2 saturated heterocycles. The number of likely N-dealkylation sites (tertiary alicyclic amines) is 1. The zero-order chi connectivity index (χ0) is 17.1. The first-order chi connectivity index (χ1) is 11.5. The number of halogens is 2. The maximum Gasteiger partial charge on any atom is 0.254 e. The molecule has 2 aliphatic rings. The minimum absolute atomic E-state index is 0.0891. The monoisotopic (exact) mass is 370 g/mol. The van der Waals surface area contributed by atoms with E-state index >= 15 is 0 Å².